The maximum absolute atomic E-state index is 11.8. The lowest BCUT2D eigenvalue weighted by atomic mass is 10.2. The van der Waals surface area contributed by atoms with Gasteiger partial charge in [-0.25, -0.2) is 0 Å². The van der Waals surface area contributed by atoms with Crippen molar-refractivity contribution in [2.45, 2.75) is 13.0 Å². The second-order valence-electron chi connectivity index (χ2n) is 3.66. The molecule has 1 aromatic carbocycles. The first kappa shape index (κ1) is 14.2. The van der Waals surface area contributed by atoms with E-state index in [1.54, 1.807) is 7.11 Å². The fourth-order valence-corrected chi connectivity index (χ4v) is 1.52. The molecule has 0 spiro atoms. The van der Waals surface area contributed by atoms with Crippen molar-refractivity contribution in [3.05, 3.63) is 28.7 Å². The zero-order valence-corrected chi connectivity index (χ0v) is 11.6. The second-order valence-corrected chi connectivity index (χ2v) is 4.58. The molecule has 1 amide bonds. The van der Waals surface area contributed by atoms with E-state index in [0.717, 1.165) is 10.2 Å². The second kappa shape index (κ2) is 7.42. The highest BCUT2D eigenvalue weighted by Crippen LogP contribution is 2.14. The monoisotopic (exact) mass is 300 g/mol. The third-order valence-corrected chi connectivity index (χ3v) is 2.79. The lowest BCUT2D eigenvalue weighted by Gasteiger charge is -2.13. The van der Waals surface area contributed by atoms with Crippen LogP contribution < -0.4 is 10.6 Å². The van der Waals surface area contributed by atoms with Crippen molar-refractivity contribution in [3.8, 4) is 0 Å². The molecule has 4 nitrogen and oxygen atoms in total. The summed E-state index contributed by atoms with van der Waals surface area (Å²) in [4.78, 5) is 11.8. The number of carbonyl (C=O) groups is 1. The SMILES string of the molecule is COCCN[C@H](C)C(=O)Nc1ccc(Br)cc1. The summed E-state index contributed by atoms with van der Waals surface area (Å²) in [6.45, 7) is 3.07. The van der Waals surface area contributed by atoms with Crippen LogP contribution in [0, 0.1) is 0 Å². The Kier molecular flexibility index (Phi) is 6.18. The lowest BCUT2D eigenvalue weighted by molar-refractivity contribution is -0.117. The summed E-state index contributed by atoms with van der Waals surface area (Å²) in [5.74, 6) is -0.0524. The molecule has 0 aliphatic carbocycles. The Morgan fingerprint density at radius 2 is 2.06 bits per heavy atom. The zero-order valence-electron chi connectivity index (χ0n) is 10.00. The van der Waals surface area contributed by atoms with Crippen LogP contribution in [-0.2, 0) is 9.53 Å². The largest absolute Gasteiger partial charge is 0.383 e. The highest BCUT2D eigenvalue weighted by Gasteiger charge is 2.11. The molecule has 0 unspecified atom stereocenters. The van der Waals surface area contributed by atoms with Crippen LogP contribution in [0.4, 0.5) is 5.69 Å². The smallest absolute Gasteiger partial charge is 0.241 e. The number of rotatable bonds is 6. The number of anilines is 1. The fourth-order valence-electron chi connectivity index (χ4n) is 1.25. The first-order valence-electron chi connectivity index (χ1n) is 5.42. The molecule has 0 aliphatic heterocycles. The van der Waals surface area contributed by atoms with E-state index >= 15 is 0 Å². The summed E-state index contributed by atoms with van der Waals surface area (Å²) in [7, 11) is 1.63. The van der Waals surface area contributed by atoms with Crippen LogP contribution in [0.25, 0.3) is 0 Å². The maximum Gasteiger partial charge on any atom is 0.241 e. The van der Waals surface area contributed by atoms with E-state index in [1.807, 2.05) is 31.2 Å². The Balaban J connectivity index is 2.40. The van der Waals surface area contributed by atoms with Crippen LogP contribution in [-0.4, -0.2) is 32.2 Å². The van der Waals surface area contributed by atoms with Gasteiger partial charge < -0.3 is 15.4 Å². The molecule has 1 atom stereocenters. The highest BCUT2D eigenvalue weighted by molar-refractivity contribution is 9.10. The molecule has 94 valence electrons. The quantitative estimate of drug-likeness (QED) is 0.790. The van der Waals surface area contributed by atoms with Crippen molar-refractivity contribution in [2.24, 2.45) is 0 Å². The molecule has 0 radical (unpaired) electrons. The number of methoxy groups -OCH3 is 1. The van der Waals surface area contributed by atoms with Gasteiger partial charge in [0.1, 0.15) is 0 Å². The fraction of sp³-hybridized carbons (Fsp3) is 0.417. The molecule has 1 aromatic rings. The zero-order chi connectivity index (χ0) is 12.7. The Hall–Kier alpha value is -0.910. The molecule has 0 bridgehead atoms. The number of halogens is 1. The van der Waals surface area contributed by atoms with Gasteiger partial charge in [0.15, 0.2) is 0 Å². The molecule has 1 rings (SSSR count). The molecule has 0 heterocycles. The van der Waals surface area contributed by atoms with Gasteiger partial charge in [-0.2, -0.15) is 0 Å². The first-order valence-corrected chi connectivity index (χ1v) is 6.21. The van der Waals surface area contributed by atoms with Gasteiger partial charge in [0.2, 0.25) is 5.91 Å². The van der Waals surface area contributed by atoms with E-state index in [4.69, 9.17) is 4.74 Å². The summed E-state index contributed by atoms with van der Waals surface area (Å²) in [5, 5.41) is 5.90. The van der Waals surface area contributed by atoms with Crippen LogP contribution in [0.1, 0.15) is 6.92 Å². The van der Waals surface area contributed by atoms with E-state index in [2.05, 4.69) is 26.6 Å². The van der Waals surface area contributed by atoms with E-state index < -0.39 is 0 Å². The molecular weight excluding hydrogens is 284 g/mol. The van der Waals surface area contributed by atoms with Crippen LogP contribution >= 0.6 is 15.9 Å². The summed E-state index contributed by atoms with van der Waals surface area (Å²) in [6.07, 6.45) is 0. The van der Waals surface area contributed by atoms with Crippen molar-refractivity contribution in [2.75, 3.05) is 25.6 Å². The molecular formula is C12H17BrN2O2. The van der Waals surface area contributed by atoms with Gasteiger partial charge in [-0.1, -0.05) is 15.9 Å². The molecule has 5 heteroatoms. The number of nitrogens with one attached hydrogen (secondary N) is 2. The normalized spacial score (nSPS) is 12.2. The minimum absolute atomic E-state index is 0.0524. The minimum Gasteiger partial charge on any atom is -0.383 e. The number of amides is 1. The summed E-state index contributed by atoms with van der Waals surface area (Å²) < 4.78 is 5.89. The Morgan fingerprint density at radius 3 is 2.65 bits per heavy atom. The predicted molar refractivity (Wildman–Crippen MR) is 72.1 cm³/mol. The molecule has 0 aromatic heterocycles. The van der Waals surface area contributed by atoms with Gasteiger partial charge in [-0.3, -0.25) is 4.79 Å². The van der Waals surface area contributed by atoms with E-state index in [9.17, 15) is 4.79 Å². The molecule has 0 saturated carbocycles. The maximum atomic E-state index is 11.8. The summed E-state index contributed by atoms with van der Waals surface area (Å²) in [5.41, 5.74) is 0.790. The highest BCUT2D eigenvalue weighted by atomic mass is 79.9. The third-order valence-electron chi connectivity index (χ3n) is 2.26. The van der Waals surface area contributed by atoms with E-state index in [-0.39, 0.29) is 11.9 Å². The number of benzene rings is 1. The topological polar surface area (TPSA) is 50.4 Å². The molecule has 0 saturated heterocycles. The van der Waals surface area contributed by atoms with Gasteiger partial charge in [-0.05, 0) is 31.2 Å². The first-order chi connectivity index (χ1) is 8.13. The van der Waals surface area contributed by atoms with Crippen molar-refractivity contribution < 1.29 is 9.53 Å². The van der Waals surface area contributed by atoms with Crippen LogP contribution in [0.3, 0.4) is 0 Å². The van der Waals surface area contributed by atoms with Crippen molar-refractivity contribution >= 4 is 27.5 Å². The van der Waals surface area contributed by atoms with E-state index in [0.29, 0.717) is 13.2 Å². The predicted octanol–water partition coefficient (Wildman–Crippen LogP) is 2.01. The van der Waals surface area contributed by atoms with Gasteiger partial charge in [0, 0.05) is 23.8 Å². The molecule has 0 fully saturated rings. The summed E-state index contributed by atoms with van der Waals surface area (Å²) >= 11 is 3.34. The van der Waals surface area contributed by atoms with Gasteiger partial charge >= 0.3 is 0 Å². The van der Waals surface area contributed by atoms with Gasteiger partial charge in [-0.15, -0.1) is 0 Å². The number of hydrogen-bond acceptors (Lipinski definition) is 3. The summed E-state index contributed by atoms with van der Waals surface area (Å²) in [6, 6.07) is 7.24. The number of ether oxygens (including phenoxy) is 1. The molecule has 2 N–H and O–H groups in total. The van der Waals surface area contributed by atoms with Crippen molar-refractivity contribution in [3.63, 3.8) is 0 Å². The number of carbonyl (C=O) groups excluding carboxylic acids is 1. The van der Waals surface area contributed by atoms with Crippen LogP contribution in [0.5, 0.6) is 0 Å². The van der Waals surface area contributed by atoms with Crippen molar-refractivity contribution in [1.82, 2.24) is 5.32 Å². The standard InChI is InChI=1S/C12H17BrN2O2/c1-9(14-7-8-17-2)12(16)15-11-5-3-10(13)4-6-11/h3-6,9,14H,7-8H2,1-2H3,(H,15,16)/t9-/m1/s1. The van der Waals surface area contributed by atoms with Gasteiger partial charge in [0.05, 0.1) is 12.6 Å². The molecule has 17 heavy (non-hydrogen) atoms. The minimum atomic E-state index is -0.242. The Bertz CT molecular complexity index is 354. The van der Waals surface area contributed by atoms with Crippen LogP contribution in [0.15, 0.2) is 28.7 Å². The van der Waals surface area contributed by atoms with E-state index in [1.165, 1.54) is 0 Å². The number of hydrogen-bond donors (Lipinski definition) is 2. The molecule has 0 aliphatic rings. The van der Waals surface area contributed by atoms with Crippen molar-refractivity contribution in [1.29, 1.82) is 0 Å². The lowest BCUT2D eigenvalue weighted by Crippen LogP contribution is -2.39. The Labute approximate surface area is 110 Å². The van der Waals surface area contributed by atoms with Crippen LogP contribution in [0.2, 0.25) is 0 Å². The Morgan fingerprint density at radius 1 is 1.41 bits per heavy atom. The third kappa shape index (κ3) is 5.30. The average Bonchev–Trinajstić information content (AvgIpc) is 2.32. The van der Waals surface area contributed by atoms with Gasteiger partial charge in [0.25, 0.3) is 0 Å². The average molecular weight is 301 g/mol.